The van der Waals surface area contributed by atoms with Crippen LogP contribution in [0.3, 0.4) is 0 Å². The van der Waals surface area contributed by atoms with Crippen molar-refractivity contribution >= 4 is 11.9 Å². The van der Waals surface area contributed by atoms with Gasteiger partial charge in [0.25, 0.3) is 0 Å². The van der Waals surface area contributed by atoms with E-state index in [0.717, 1.165) is 116 Å². The molecule has 9 atom stereocenters. The number of aromatic nitrogens is 3. The van der Waals surface area contributed by atoms with Crippen LogP contribution in [0, 0.1) is 52.3 Å². The zero-order chi connectivity index (χ0) is 45.3. The summed E-state index contributed by atoms with van der Waals surface area (Å²) >= 11 is 0. The highest BCUT2D eigenvalue weighted by atomic mass is 16.5. The van der Waals surface area contributed by atoms with Gasteiger partial charge in [-0.05, 0) is 145 Å². The summed E-state index contributed by atoms with van der Waals surface area (Å²) < 4.78 is 19.5. The summed E-state index contributed by atoms with van der Waals surface area (Å²) in [7, 11) is 0. The third-order valence-electron chi connectivity index (χ3n) is 16.8. The van der Waals surface area contributed by atoms with Crippen molar-refractivity contribution in [3.05, 3.63) is 77.6 Å². The summed E-state index contributed by atoms with van der Waals surface area (Å²) in [6.07, 6.45) is 25.5. The molecule has 4 aliphatic carbocycles. The Morgan fingerprint density at radius 3 is 2.31 bits per heavy atom. The molecule has 2 aromatic carbocycles. The summed E-state index contributed by atoms with van der Waals surface area (Å²) in [6.45, 7) is 18.4. The zero-order valence-corrected chi connectivity index (χ0v) is 40.6. The minimum Gasteiger partial charge on any atom is -0.487 e. The first-order chi connectivity index (χ1) is 30.9. The molecule has 1 aromatic heterocycles. The van der Waals surface area contributed by atoms with E-state index in [1.165, 1.54) is 57.8 Å². The fourth-order valence-electron chi connectivity index (χ4n) is 12.7. The van der Waals surface area contributed by atoms with Crippen LogP contribution in [0.25, 0.3) is 11.1 Å². The topological polar surface area (TPSA) is 92.5 Å². The summed E-state index contributed by atoms with van der Waals surface area (Å²) in [5.74, 6) is 5.90. The lowest BCUT2D eigenvalue weighted by Gasteiger charge is -2.58. The summed E-state index contributed by atoms with van der Waals surface area (Å²) in [6, 6.07) is 15.4. The van der Waals surface area contributed by atoms with Crippen LogP contribution in [0.15, 0.2) is 66.4 Å². The fourth-order valence-corrected chi connectivity index (χ4v) is 12.7. The van der Waals surface area contributed by atoms with Gasteiger partial charge < -0.3 is 14.2 Å². The van der Waals surface area contributed by atoms with E-state index in [2.05, 4.69) is 64.9 Å². The molecule has 0 aliphatic heterocycles. The Hall–Kier alpha value is -3.94. The Bertz CT molecular complexity index is 1990. The number of esters is 2. The third kappa shape index (κ3) is 11.7. The third-order valence-corrected chi connectivity index (χ3v) is 16.8. The summed E-state index contributed by atoms with van der Waals surface area (Å²) in [5, 5.41) is 8.63. The number of aryl methyl sites for hydroxylation is 1. The van der Waals surface area contributed by atoms with Crippen LogP contribution in [0.2, 0.25) is 0 Å². The van der Waals surface area contributed by atoms with E-state index in [1.54, 1.807) is 5.57 Å². The van der Waals surface area contributed by atoms with E-state index in [0.29, 0.717) is 36.5 Å². The van der Waals surface area contributed by atoms with Gasteiger partial charge in [0.1, 0.15) is 24.2 Å². The lowest BCUT2D eigenvalue weighted by Crippen LogP contribution is -2.51. The first-order valence-corrected chi connectivity index (χ1v) is 25.6. The van der Waals surface area contributed by atoms with Gasteiger partial charge in [0.2, 0.25) is 0 Å². The van der Waals surface area contributed by atoms with Gasteiger partial charge in [-0.1, -0.05) is 135 Å². The van der Waals surface area contributed by atoms with E-state index in [9.17, 15) is 9.59 Å². The maximum Gasteiger partial charge on any atom is 0.338 e. The van der Waals surface area contributed by atoms with E-state index >= 15 is 0 Å². The van der Waals surface area contributed by atoms with Gasteiger partial charge in [-0.3, -0.25) is 9.48 Å². The molecule has 0 amide bonds. The SMILES string of the molecule is CCC(C)COC(=O)c1ccc(-c2ccc(OCc3cn(CCCCCCCC(=O)O[C@H]4CC[C@@]5(C)C(=CC[C@H]6[C@@H]7CC[C@H]([C@H](C)CCCC(C)C)[C@@]7(C)CC[C@@H]65)C4)nn3)cc2)cc1. The fraction of sp³-hybridized carbons (Fsp3) is 0.679. The molecular weight excluding hydrogens is 795 g/mol. The van der Waals surface area contributed by atoms with Crippen molar-refractivity contribution in [1.29, 1.82) is 0 Å². The summed E-state index contributed by atoms with van der Waals surface area (Å²) in [5.41, 5.74) is 5.83. The van der Waals surface area contributed by atoms with Crippen LogP contribution in [0.1, 0.15) is 180 Å². The van der Waals surface area contributed by atoms with E-state index < -0.39 is 0 Å². The number of fused-ring (bicyclic) bond motifs is 5. The smallest absolute Gasteiger partial charge is 0.338 e. The quantitative estimate of drug-likeness (QED) is 0.0564. The number of benzene rings is 2. The van der Waals surface area contributed by atoms with Gasteiger partial charge in [-0.15, -0.1) is 5.10 Å². The number of carbonyl (C=O) groups is 2. The minimum absolute atomic E-state index is 0.00773. The maximum absolute atomic E-state index is 13.0. The number of nitrogens with zero attached hydrogens (tertiary/aromatic N) is 3. The van der Waals surface area contributed by atoms with Gasteiger partial charge in [-0.2, -0.15) is 0 Å². The lowest BCUT2D eigenvalue weighted by molar-refractivity contribution is -0.151. The second kappa shape index (κ2) is 22.0. The van der Waals surface area contributed by atoms with Crippen LogP contribution in [0.4, 0.5) is 0 Å². The molecule has 3 fully saturated rings. The molecule has 3 saturated carbocycles. The van der Waals surface area contributed by atoms with Gasteiger partial charge >= 0.3 is 11.9 Å². The van der Waals surface area contributed by atoms with Gasteiger partial charge in [-0.25, -0.2) is 4.79 Å². The molecule has 64 heavy (non-hydrogen) atoms. The lowest BCUT2D eigenvalue weighted by atomic mass is 9.47. The molecule has 0 spiro atoms. The Balaban J connectivity index is 0.754. The van der Waals surface area contributed by atoms with Crippen molar-refractivity contribution in [2.75, 3.05) is 6.61 Å². The van der Waals surface area contributed by atoms with Gasteiger partial charge in [0.05, 0.1) is 18.4 Å². The van der Waals surface area contributed by atoms with Gasteiger partial charge in [0.15, 0.2) is 0 Å². The molecular formula is C56H81N3O5. The second-order valence-corrected chi connectivity index (χ2v) is 21.6. The van der Waals surface area contributed by atoms with Crippen molar-refractivity contribution in [3.8, 4) is 16.9 Å². The summed E-state index contributed by atoms with van der Waals surface area (Å²) in [4.78, 5) is 25.4. The molecule has 0 N–H and O–H groups in total. The molecule has 0 radical (unpaired) electrons. The average Bonchev–Trinajstić information content (AvgIpc) is 3.91. The van der Waals surface area contributed by atoms with E-state index in [4.69, 9.17) is 14.2 Å². The van der Waals surface area contributed by atoms with Gasteiger partial charge in [0, 0.05) is 19.4 Å². The van der Waals surface area contributed by atoms with Crippen molar-refractivity contribution < 1.29 is 23.8 Å². The highest BCUT2D eigenvalue weighted by molar-refractivity contribution is 5.90. The molecule has 7 rings (SSSR count). The van der Waals surface area contributed by atoms with Crippen molar-refractivity contribution in [2.24, 2.45) is 52.3 Å². The number of rotatable bonds is 22. The number of unbranched alkanes of at least 4 members (excludes halogenated alkanes) is 4. The number of carbonyl (C=O) groups excluding carboxylic acids is 2. The molecule has 4 aliphatic rings. The highest BCUT2D eigenvalue weighted by Crippen LogP contribution is 2.67. The molecule has 0 bridgehead atoms. The Morgan fingerprint density at radius 1 is 0.828 bits per heavy atom. The monoisotopic (exact) mass is 876 g/mol. The zero-order valence-electron chi connectivity index (χ0n) is 40.6. The van der Waals surface area contributed by atoms with E-state index in [-0.39, 0.29) is 23.5 Å². The first-order valence-electron chi connectivity index (χ1n) is 25.6. The second-order valence-electron chi connectivity index (χ2n) is 21.6. The maximum atomic E-state index is 13.0. The molecule has 8 nitrogen and oxygen atoms in total. The number of hydrogen-bond donors (Lipinski definition) is 0. The number of allylic oxidation sites excluding steroid dienone is 1. The molecule has 8 heteroatoms. The highest BCUT2D eigenvalue weighted by Gasteiger charge is 2.59. The predicted octanol–water partition coefficient (Wildman–Crippen LogP) is 14.0. The molecule has 1 unspecified atom stereocenters. The van der Waals surface area contributed by atoms with Crippen LogP contribution in [-0.4, -0.2) is 39.6 Å². The van der Waals surface area contributed by atoms with Crippen molar-refractivity contribution in [3.63, 3.8) is 0 Å². The van der Waals surface area contributed by atoms with Crippen LogP contribution < -0.4 is 4.74 Å². The Labute approximate surface area is 386 Å². The van der Waals surface area contributed by atoms with Crippen LogP contribution in [-0.2, 0) is 27.4 Å². The molecule has 1 heterocycles. The normalized spacial score (nSPS) is 27.2. The molecule has 350 valence electrons. The largest absolute Gasteiger partial charge is 0.487 e. The van der Waals surface area contributed by atoms with Crippen molar-refractivity contribution in [2.45, 2.75) is 183 Å². The molecule has 0 saturated heterocycles. The Kier molecular flexibility index (Phi) is 16.5. The first kappa shape index (κ1) is 48.0. The van der Waals surface area contributed by atoms with Crippen LogP contribution in [0.5, 0.6) is 5.75 Å². The Morgan fingerprint density at radius 2 is 1.56 bits per heavy atom. The minimum atomic E-state index is -0.283. The number of hydrogen-bond acceptors (Lipinski definition) is 7. The van der Waals surface area contributed by atoms with E-state index in [1.807, 2.05) is 59.4 Å². The molecule has 3 aromatic rings. The van der Waals surface area contributed by atoms with Crippen LogP contribution >= 0.6 is 0 Å². The average molecular weight is 876 g/mol. The standard InChI is InChI=1S/C56H81N3O5/c1-8-40(4)37-63-54(61)44-20-18-42(19-21-44)43-22-25-47(26-23-43)62-38-46-36-59(58-57-46)34-13-11-9-10-12-17-53(60)64-48-30-32-55(6)45(35-48)24-27-49-51-29-28-50(41(5)16-14-15-39(2)3)56(51,7)33-31-52(49)55/h18-26,36,39-41,48-52H,8-17,27-35,37-38H2,1-7H3/t40?,41-,48+,49+,50-,51+,52+,55+,56-/m1/s1. The van der Waals surface area contributed by atoms with Crippen molar-refractivity contribution in [1.82, 2.24) is 15.0 Å². The predicted molar refractivity (Wildman–Crippen MR) is 257 cm³/mol. The number of ether oxygens (including phenoxy) is 3.